The van der Waals surface area contributed by atoms with Gasteiger partial charge in [0, 0.05) is 23.9 Å². The predicted octanol–water partition coefficient (Wildman–Crippen LogP) is 3.80. The molecule has 1 amide bonds. The summed E-state index contributed by atoms with van der Waals surface area (Å²) in [6, 6.07) is 7.00. The van der Waals surface area contributed by atoms with Gasteiger partial charge >= 0.3 is 0 Å². The molecule has 0 fully saturated rings. The Bertz CT molecular complexity index is 749. The molecule has 0 bridgehead atoms. The molecule has 0 aliphatic carbocycles. The molecule has 0 spiro atoms. The van der Waals surface area contributed by atoms with Crippen LogP contribution in [0.25, 0.3) is 0 Å². The maximum absolute atomic E-state index is 11.8. The van der Waals surface area contributed by atoms with Crippen LogP contribution in [0.1, 0.15) is 13.8 Å². The van der Waals surface area contributed by atoms with Crippen molar-refractivity contribution >= 4 is 34.7 Å². The molecular weight excluding hydrogens is 318 g/mol. The van der Waals surface area contributed by atoms with E-state index in [0.717, 1.165) is 5.69 Å². The Hall–Kier alpha value is -2.47. The van der Waals surface area contributed by atoms with Crippen LogP contribution in [0, 0.1) is 5.92 Å². The molecule has 0 radical (unpaired) electrons. The quantitative estimate of drug-likeness (QED) is 0.890. The lowest BCUT2D eigenvalue weighted by molar-refractivity contribution is -0.118. The van der Waals surface area contributed by atoms with Crippen molar-refractivity contribution in [3.63, 3.8) is 0 Å². The number of carbonyl (C=O) groups excluding carboxylic acids is 1. The molecule has 2 aromatic rings. The van der Waals surface area contributed by atoms with Crippen LogP contribution in [0.15, 0.2) is 30.5 Å². The van der Waals surface area contributed by atoms with Gasteiger partial charge in [-0.25, -0.2) is 4.98 Å². The first kappa shape index (κ1) is 15.4. The molecule has 0 unspecified atom stereocenters. The summed E-state index contributed by atoms with van der Waals surface area (Å²) < 4.78 is 10.8. The fraction of sp³-hybridized carbons (Fsp3) is 0.250. The maximum Gasteiger partial charge on any atom is 0.231 e. The van der Waals surface area contributed by atoms with E-state index in [1.807, 2.05) is 13.8 Å². The van der Waals surface area contributed by atoms with Gasteiger partial charge in [-0.3, -0.25) is 4.79 Å². The van der Waals surface area contributed by atoms with E-state index in [-0.39, 0.29) is 18.6 Å². The van der Waals surface area contributed by atoms with E-state index in [1.54, 1.807) is 30.5 Å². The number of halogens is 1. The normalized spacial score (nSPS) is 12.3. The third-order valence-electron chi connectivity index (χ3n) is 3.29. The van der Waals surface area contributed by atoms with E-state index in [0.29, 0.717) is 28.0 Å². The number of anilines is 3. The molecule has 1 aliphatic rings. The first-order valence-electron chi connectivity index (χ1n) is 7.16. The summed E-state index contributed by atoms with van der Waals surface area (Å²) in [7, 11) is 0. The highest BCUT2D eigenvalue weighted by molar-refractivity contribution is 6.33. The second-order valence-corrected chi connectivity index (χ2v) is 5.76. The van der Waals surface area contributed by atoms with E-state index in [9.17, 15) is 4.79 Å². The molecule has 23 heavy (non-hydrogen) atoms. The molecular formula is C16H16ClN3O3. The first-order chi connectivity index (χ1) is 11.0. The summed E-state index contributed by atoms with van der Waals surface area (Å²) in [5.41, 5.74) is 1.35. The summed E-state index contributed by atoms with van der Waals surface area (Å²) >= 11 is 6.24. The monoisotopic (exact) mass is 333 g/mol. The number of amides is 1. The second kappa shape index (κ2) is 6.34. The minimum absolute atomic E-state index is 0.0926. The van der Waals surface area contributed by atoms with Crippen LogP contribution < -0.4 is 20.1 Å². The van der Waals surface area contributed by atoms with E-state index in [4.69, 9.17) is 21.1 Å². The number of carbonyl (C=O) groups is 1. The Kier molecular flexibility index (Phi) is 4.25. The molecule has 3 rings (SSSR count). The number of pyridine rings is 1. The zero-order valence-corrected chi connectivity index (χ0v) is 13.5. The summed E-state index contributed by atoms with van der Waals surface area (Å²) in [4.78, 5) is 15.9. The summed E-state index contributed by atoms with van der Waals surface area (Å²) in [5.74, 6) is 1.46. The standard InChI is InChI=1S/C16H16ClN3O3/c1-9(2)16(21)20-13-7-10(5-6-18-13)19-14-11(17)3-4-12-15(14)23-8-22-12/h3-7,9H,8H2,1-2H3,(H2,18,19,20,21). The highest BCUT2D eigenvalue weighted by atomic mass is 35.5. The van der Waals surface area contributed by atoms with Crippen LogP contribution in [0.5, 0.6) is 11.5 Å². The van der Waals surface area contributed by atoms with E-state index >= 15 is 0 Å². The number of hydrogen-bond acceptors (Lipinski definition) is 5. The lowest BCUT2D eigenvalue weighted by Crippen LogP contribution is -2.18. The SMILES string of the molecule is CC(C)C(=O)Nc1cc(Nc2c(Cl)ccc3c2OCO3)ccn1. The van der Waals surface area contributed by atoms with Crippen LogP contribution in [0.4, 0.5) is 17.2 Å². The summed E-state index contributed by atoms with van der Waals surface area (Å²) in [5, 5.41) is 6.46. The molecule has 1 aromatic carbocycles. The molecule has 0 saturated carbocycles. The fourth-order valence-electron chi connectivity index (χ4n) is 2.06. The Morgan fingerprint density at radius 3 is 2.91 bits per heavy atom. The largest absolute Gasteiger partial charge is 0.454 e. The Morgan fingerprint density at radius 1 is 1.30 bits per heavy atom. The number of nitrogens with zero attached hydrogens (tertiary/aromatic N) is 1. The number of rotatable bonds is 4. The van der Waals surface area contributed by atoms with E-state index in [2.05, 4.69) is 15.6 Å². The van der Waals surface area contributed by atoms with Gasteiger partial charge in [0.25, 0.3) is 0 Å². The van der Waals surface area contributed by atoms with Gasteiger partial charge in [0.15, 0.2) is 11.5 Å². The molecule has 0 saturated heterocycles. The van der Waals surface area contributed by atoms with E-state index in [1.165, 1.54) is 0 Å². The summed E-state index contributed by atoms with van der Waals surface area (Å²) in [6.07, 6.45) is 1.60. The summed E-state index contributed by atoms with van der Waals surface area (Å²) in [6.45, 7) is 3.81. The average molecular weight is 334 g/mol. The van der Waals surface area contributed by atoms with Crippen molar-refractivity contribution in [2.75, 3.05) is 17.4 Å². The highest BCUT2D eigenvalue weighted by Crippen LogP contribution is 2.44. The number of fused-ring (bicyclic) bond motifs is 1. The van der Waals surface area contributed by atoms with Crippen molar-refractivity contribution in [1.82, 2.24) is 4.98 Å². The van der Waals surface area contributed by atoms with Crippen LogP contribution >= 0.6 is 11.6 Å². The van der Waals surface area contributed by atoms with Crippen molar-refractivity contribution in [3.8, 4) is 11.5 Å². The van der Waals surface area contributed by atoms with Gasteiger partial charge in [-0.2, -0.15) is 0 Å². The van der Waals surface area contributed by atoms with Crippen molar-refractivity contribution in [1.29, 1.82) is 0 Å². The zero-order chi connectivity index (χ0) is 16.4. The number of nitrogens with one attached hydrogen (secondary N) is 2. The lowest BCUT2D eigenvalue weighted by Gasteiger charge is -2.12. The van der Waals surface area contributed by atoms with Crippen LogP contribution in [0.2, 0.25) is 5.02 Å². The topological polar surface area (TPSA) is 72.5 Å². The third kappa shape index (κ3) is 3.32. The number of benzene rings is 1. The molecule has 7 heteroatoms. The molecule has 0 atom stereocenters. The molecule has 2 N–H and O–H groups in total. The van der Waals surface area contributed by atoms with Gasteiger partial charge in [-0.15, -0.1) is 0 Å². The van der Waals surface area contributed by atoms with Gasteiger partial charge in [-0.05, 0) is 18.2 Å². The van der Waals surface area contributed by atoms with Gasteiger partial charge in [0.05, 0.1) is 5.02 Å². The van der Waals surface area contributed by atoms with E-state index < -0.39 is 0 Å². The minimum Gasteiger partial charge on any atom is -0.454 e. The van der Waals surface area contributed by atoms with Crippen LogP contribution in [0.3, 0.4) is 0 Å². The number of ether oxygens (including phenoxy) is 2. The number of hydrogen-bond donors (Lipinski definition) is 2. The second-order valence-electron chi connectivity index (χ2n) is 5.35. The van der Waals surface area contributed by atoms with Crippen LogP contribution in [-0.2, 0) is 4.79 Å². The van der Waals surface area contributed by atoms with Gasteiger partial charge in [0.2, 0.25) is 12.7 Å². The zero-order valence-electron chi connectivity index (χ0n) is 12.7. The third-order valence-corrected chi connectivity index (χ3v) is 3.61. The number of aromatic nitrogens is 1. The minimum atomic E-state index is -0.120. The van der Waals surface area contributed by atoms with Crippen molar-refractivity contribution in [2.24, 2.45) is 5.92 Å². The van der Waals surface area contributed by atoms with Gasteiger partial charge in [-0.1, -0.05) is 25.4 Å². The Balaban J connectivity index is 1.84. The fourth-order valence-corrected chi connectivity index (χ4v) is 2.25. The lowest BCUT2D eigenvalue weighted by atomic mass is 10.2. The predicted molar refractivity (Wildman–Crippen MR) is 88.6 cm³/mol. The average Bonchev–Trinajstić information content (AvgIpc) is 2.99. The molecule has 6 nitrogen and oxygen atoms in total. The van der Waals surface area contributed by atoms with Crippen molar-refractivity contribution in [2.45, 2.75) is 13.8 Å². The van der Waals surface area contributed by atoms with Crippen molar-refractivity contribution in [3.05, 3.63) is 35.5 Å². The maximum atomic E-state index is 11.8. The van der Waals surface area contributed by atoms with Gasteiger partial charge in [0.1, 0.15) is 11.5 Å². The smallest absolute Gasteiger partial charge is 0.231 e. The van der Waals surface area contributed by atoms with Gasteiger partial charge < -0.3 is 20.1 Å². The van der Waals surface area contributed by atoms with Crippen LogP contribution in [-0.4, -0.2) is 17.7 Å². The highest BCUT2D eigenvalue weighted by Gasteiger charge is 2.20. The molecule has 120 valence electrons. The Morgan fingerprint density at radius 2 is 2.13 bits per heavy atom. The molecule has 1 aromatic heterocycles. The first-order valence-corrected chi connectivity index (χ1v) is 7.54. The molecule has 2 heterocycles. The molecule has 1 aliphatic heterocycles. The Labute approximate surface area is 138 Å². The van der Waals surface area contributed by atoms with Crippen molar-refractivity contribution < 1.29 is 14.3 Å².